The maximum Gasteiger partial charge on any atom is 0.262 e. The van der Waals surface area contributed by atoms with Crippen LogP contribution in [0.25, 0.3) is 0 Å². The molecule has 4 rings (SSSR count). The van der Waals surface area contributed by atoms with Gasteiger partial charge in [0.1, 0.15) is 0 Å². The molecule has 1 aliphatic rings. The molecule has 190 valence electrons. The minimum atomic E-state index is -4.37. The zero-order valence-electron chi connectivity index (χ0n) is 18.5. The van der Waals surface area contributed by atoms with Gasteiger partial charge in [0.05, 0.1) is 31.8 Å². The number of sulfonamides is 2. The van der Waals surface area contributed by atoms with Gasteiger partial charge in [0.25, 0.3) is 15.9 Å². The number of halogens is 3. The Morgan fingerprint density at radius 1 is 0.833 bits per heavy atom. The highest BCUT2D eigenvalue weighted by molar-refractivity contribution is 7.92. The van der Waals surface area contributed by atoms with E-state index < -0.39 is 42.5 Å². The number of hydrogen-bond acceptors (Lipinski definition) is 5. The highest BCUT2D eigenvalue weighted by Crippen LogP contribution is 2.30. The number of carbonyl (C=O) groups is 1. The van der Waals surface area contributed by atoms with E-state index in [4.69, 9.17) is 11.6 Å². The average molecular weight is 556 g/mol. The minimum Gasteiger partial charge on any atom is -0.321 e. The van der Waals surface area contributed by atoms with E-state index in [0.29, 0.717) is 25.2 Å². The lowest BCUT2D eigenvalue weighted by atomic mass is 10.1. The number of para-hydroxylation sites is 1. The zero-order valence-corrected chi connectivity index (χ0v) is 20.9. The van der Waals surface area contributed by atoms with Crippen molar-refractivity contribution in [3.05, 3.63) is 82.9 Å². The Hall–Kier alpha value is -3.06. The van der Waals surface area contributed by atoms with Crippen LogP contribution in [0.15, 0.2) is 70.5 Å². The van der Waals surface area contributed by atoms with Crippen molar-refractivity contribution in [3.63, 3.8) is 0 Å². The normalized spacial score (nSPS) is 14.5. The van der Waals surface area contributed by atoms with Gasteiger partial charge >= 0.3 is 0 Å². The Labute approximate surface area is 212 Å². The lowest BCUT2D eigenvalue weighted by molar-refractivity contribution is 0.102. The lowest BCUT2D eigenvalue weighted by Crippen LogP contribution is -2.28. The van der Waals surface area contributed by atoms with Crippen LogP contribution in [0.5, 0.6) is 0 Å². The summed E-state index contributed by atoms with van der Waals surface area (Å²) in [5, 5.41) is 2.59. The molecule has 0 unspecified atom stereocenters. The Bertz CT molecular complexity index is 1540. The standard InChI is InChI=1S/C23H20ClF2N3O5S2/c24-18-9-7-16(36(33,34)29-11-3-4-12-29)14-22(18)27-23(30)17-5-1-2-6-21(17)28-35(31,32)15-8-10-19(25)20(26)13-15/h1-2,5-10,13-14,28H,3-4,11-12H2,(H,27,30). The molecular weight excluding hydrogens is 536 g/mol. The van der Waals surface area contributed by atoms with E-state index in [9.17, 15) is 30.4 Å². The molecule has 1 amide bonds. The third kappa shape index (κ3) is 5.36. The van der Waals surface area contributed by atoms with Gasteiger partial charge in [0, 0.05) is 13.1 Å². The zero-order chi connectivity index (χ0) is 26.1. The highest BCUT2D eigenvalue weighted by atomic mass is 35.5. The Balaban J connectivity index is 1.61. The SMILES string of the molecule is O=C(Nc1cc(S(=O)(=O)N2CCCC2)ccc1Cl)c1ccccc1NS(=O)(=O)c1ccc(F)c(F)c1. The summed E-state index contributed by atoms with van der Waals surface area (Å²) in [6, 6.07) is 11.6. The molecule has 3 aromatic carbocycles. The van der Waals surface area contributed by atoms with E-state index in [-0.39, 0.29) is 26.9 Å². The van der Waals surface area contributed by atoms with Crippen LogP contribution in [0.2, 0.25) is 5.02 Å². The van der Waals surface area contributed by atoms with Gasteiger partial charge in [0.15, 0.2) is 11.6 Å². The summed E-state index contributed by atoms with van der Waals surface area (Å²) >= 11 is 6.19. The molecule has 1 aliphatic heterocycles. The predicted molar refractivity (Wildman–Crippen MR) is 131 cm³/mol. The van der Waals surface area contributed by atoms with Crippen molar-refractivity contribution in [3.8, 4) is 0 Å². The highest BCUT2D eigenvalue weighted by Gasteiger charge is 2.28. The summed E-state index contributed by atoms with van der Waals surface area (Å²) in [5.74, 6) is -3.34. The van der Waals surface area contributed by atoms with Gasteiger partial charge in [-0.05, 0) is 61.4 Å². The Morgan fingerprint density at radius 2 is 1.50 bits per heavy atom. The van der Waals surface area contributed by atoms with E-state index in [2.05, 4.69) is 10.0 Å². The van der Waals surface area contributed by atoms with Crippen molar-refractivity contribution in [1.29, 1.82) is 0 Å². The van der Waals surface area contributed by atoms with Crippen molar-refractivity contribution >= 4 is 48.9 Å². The number of rotatable bonds is 7. The number of carbonyl (C=O) groups excluding carboxylic acids is 1. The van der Waals surface area contributed by atoms with Gasteiger partial charge in [-0.3, -0.25) is 9.52 Å². The largest absolute Gasteiger partial charge is 0.321 e. The average Bonchev–Trinajstić information content (AvgIpc) is 3.38. The molecular formula is C23H20ClF2N3O5S2. The molecule has 2 N–H and O–H groups in total. The molecule has 0 saturated carbocycles. The monoisotopic (exact) mass is 555 g/mol. The van der Waals surface area contributed by atoms with E-state index in [1.165, 1.54) is 46.8 Å². The maximum absolute atomic E-state index is 13.6. The van der Waals surface area contributed by atoms with Gasteiger partial charge in [-0.15, -0.1) is 0 Å². The van der Waals surface area contributed by atoms with E-state index in [1.54, 1.807) is 0 Å². The summed E-state index contributed by atoms with van der Waals surface area (Å²) in [5.41, 5.74) is -0.246. The molecule has 0 spiro atoms. The van der Waals surface area contributed by atoms with Crippen LogP contribution in [0.4, 0.5) is 20.2 Å². The molecule has 1 heterocycles. The van der Waals surface area contributed by atoms with Crippen LogP contribution in [0.1, 0.15) is 23.2 Å². The maximum atomic E-state index is 13.6. The Morgan fingerprint density at radius 3 is 2.19 bits per heavy atom. The fraction of sp³-hybridized carbons (Fsp3) is 0.174. The van der Waals surface area contributed by atoms with Crippen LogP contribution in [-0.4, -0.2) is 40.1 Å². The van der Waals surface area contributed by atoms with Crippen LogP contribution in [0.3, 0.4) is 0 Å². The fourth-order valence-electron chi connectivity index (χ4n) is 3.65. The number of nitrogens with one attached hydrogen (secondary N) is 2. The van der Waals surface area contributed by atoms with Gasteiger partial charge < -0.3 is 5.32 Å². The van der Waals surface area contributed by atoms with Crippen molar-refractivity contribution in [1.82, 2.24) is 4.31 Å². The molecule has 8 nitrogen and oxygen atoms in total. The summed E-state index contributed by atoms with van der Waals surface area (Å²) in [7, 11) is -8.15. The van der Waals surface area contributed by atoms with Crippen molar-refractivity contribution in [2.45, 2.75) is 22.6 Å². The van der Waals surface area contributed by atoms with Gasteiger partial charge in [-0.25, -0.2) is 25.6 Å². The third-order valence-corrected chi connectivity index (χ3v) is 9.09. The second-order valence-corrected chi connectivity index (χ2v) is 12.0. The first kappa shape index (κ1) is 26.0. The van der Waals surface area contributed by atoms with Gasteiger partial charge in [0.2, 0.25) is 10.0 Å². The van der Waals surface area contributed by atoms with E-state index in [0.717, 1.165) is 18.9 Å². The van der Waals surface area contributed by atoms with Crippen LogP contribution < -0.4 is 10.0 Å². The lowest BCUT2D eigenvalue weighted by Gasteiger charge is -2.17. The van der Waals surface area contributed by atoms with Crippen LogP contribution in [-0.2, 0) is 20.0 Å². The Kier molecular flexibility index (Phi) is 7.32. The second-order valence-electron chi connectivity index (χ2n) is 7.93. The van der Waals surface area contributed by atoms with Crippen LogP contribution >= 0.6 is 11.6 Å². The molecule has 0 aliphatic carbocycles. The van der Waals surface area contributed by atoms with Gasteiger partial charge in [-0.1, -0.05) is 23.7 Å². The quantitative estimate of drug-likeness (QED) is 0.447. The topological polar surface area (TPSA) is 113 Å². The van der Waals surface area contributed by atoms with Gasteiger partial charge in [-0.2, -0.15) is 4.31 Å². The number of benzene rings is 3. The summed E-state index contributed by atoms with van der Waals surface area (Å²) in [4.78, 5) is 12.5. The number of hydrogen-bond donors (Lipinski definition) is 2. The molecule has 0 bridgehead atoms. The third-order valence-electron chi connectivity index (χ3n) is 5.51. The molecule has 1 fully saturated rings. The first-order valence-electron chi connectivity index (χ1n) is 10.7. The second kappa shape index (κ2) is 10.1. The summed E-state index contributed by atoms with van der Waals surface area (Å²) in [6.45, 7) is 0.802. The first-order valence-corrected chi connectivity index (χ1v) is 14.0. The van der Waals surface area contributed by atoms with Crippen molar-refractivity contribution in [2.24, 2.45) is 0 Å². The molecule has 0 radical (unpaired) electrons. The first-order chi connectivity index (χ1) is 17.0. The number of anilines is 2. The summed E-state index contributed by atoms with van der Waals surface area (Å²) in [6.07, 6.45) is 1.52. The number of amides is 1. The molecule has 1 saturated heterocycles. The predicted octanol–water partition coefficient (Wildman–Crippen LogP) is 4.46. The fourth-order valence-corrected chi connectivity index (χ4v) is 6.45. The molecule has 13 heteroatoms. The van der Waals surface area contributed by atoms with E-state index >= 15 is 0 Å². The molecule has 0 atom stereocenters. The number of nitrogens with zero attached hydrogens (tertiary/aromatic N) is 1. The minimum absolute atomic E-state index is 0.0141. The molecule has 0 aromatic heterocycles. The van der Waals surface area contributed by atoms with Crippen LogP contribution in [0, 0.1) is 11.6 Å². The van der Waals surface area contributed by atoms with Crippen molar-refractivity contribution in [2.75, 3.05) is 23.1 Å². The molecule has 3 aromatic rings. The smallest absolute Gasteiger partial charge is 0.262 e. The van der Waals surface area contributed by atoms with Crippen molar-refractivity contribution < 1.29 is 30.4 Å². The summed E-state index contributed by atoms with van der Waals surface area (Å²) < 4.78 is 81.5. The molecule has 36 heavy (non-hydrogen) atoms. The van der Waals surface area contributed by atoms with E-state index in [1.807, 2.05) is 0 Å².